The first-order chi connectivity index (χ1) is 16.2. The Morgan fingerprint density at radius 1 is 0.879 bits per heavy atom. The second-order valence-electron chi connectivity index (χ2n) is 7.85. The van der Waals surface area contributed by atoms with E-state index >= 15 is 0 Å². The van der Waals surface area contributed by atoms with E-state index in [1.54, 1.807) is 30.5 Å². The zero-order valence-corrected chi connectivity index (χ0v) is 18.5. The molecule has 1 aromatic carbocycles. The number of aliphatic hydroxyl groups is 1. The van der Waals surface area contributed by atoms with Gasteiger partial charge in [-0.1, -0.05) is 6.07 Å². The molecule has 0 saturated carbocycles. The Labute approximate surface area is 193 Å². The number of hydrogen-bond donors (Lipinski definition) is 1. The van der Waals surface area contributed by atoms with Crippen molar-refractivity contribution in [3.8, 4) is 22.8 Å². The second-order valence-corrected chi connectivity index (χ2v) is 7.85. The third kappa shape index (κ3) is 6.40. The number of ether oxygens (including phenoxy) is 2. The van der Waals surface area contributed by atoms with E-state index in [4.69, 9.17) is 9.47 Å². The van der Waals surface area contributed by atoms with E-state index in [0.29, 0.717) is 18.0 Å². The normalized spacial score (nSPS) is 15.3. The van der Waals surface area contributed by atoms with Gasteiger partial charge in [0, 0.05) is 50.7 Å². The van der Waals surface area contributed by atoms with Crippen molar-refractivity contribution in [1.29, 1.82) is 0 Å². The number of hydrogen-bond acceptors (Lipinski definition) is 7. The highest BCUT2D eigenvalue weighted by Crippen LogP contribution is 2.27. The topological polar surface area (TPSA) is 71.0 Å². The lowest BCUT2D eigenvalue weighted by atomic mass is 10.1. The summed E-state index contributed by atoms with van der Waals surface area (Å²) in [5, 5.41) is 10.4. The molecule has 0 spiro atoms. The Hall–Kier alpha value is -3.23. The molecule has 0 radical (unpaired) electrons. The van der Waals surface area contributed by atoms with Crippen molar-refractivity contribution in [2.45, 2.75) is 6.10 Å². The van der Waals surface area contributed by atoms with Crippen LogP contribution >= 0.6 is 0 Å². The summed E-state index contributed by atoms with van der Waals surface area (Å²) in [4.78, 5) is 13.6. The summed E-state index contributed by atoms with van der Waals surface area (Å²) in [6.45, 7) is 3.57. The third-order valence-electron chi connectivity index (χ3n) is 5.48. The maximum Gasteiger partial charge on any atom is 0.138 e. The number of alkyl halides is 1. The molecule has 1 saturated heterocycles. The van der Waals surface area contributed by atoms with Gasteiger partial charge in [-0.05, 0) is 48.5 Å². The molecule has 3 heterocycles. The van der Waals surface area contributed by atoms with Gasteiger partial charge in [0.25, 0.3) is 0 Å². The van der Waals surface area contributed by atoms with Crippen LogP contribution in [0.5, 0.6) is 11.5 Å². The van der Waals surface area contributed by atoms with Crippen molar-refractivity contribution in [2.24, 2.45) is 0 Å². The fraction of sp³-hybridized carbons (Fsp3) is 0.360. The Balaban J connectivity index is 1.24. The molecule has 0 aliphatic carbocycles. The highest BCUT2D eigenvalue weighted by Gasteiger charge is 2.22. The molecule has 3 aromatic rings. The number of piperazine rings is 1. The van der Waals surface area contributed by atoms with Gasteiger partial charge >= 0.3 is 0 Å². The minimum atomic E-state index is -0.599. The minimum Gasteiger partial charge on any atom is -0.491 e. The predicted molar refractivity (Wildman–Crippen MR) is 126 cm³/mol. The molecule has 8 heteroatoms. The largest absolute Gasteiger partial charge is 0.491 e. The van der Waals surface area contributed by atoms with Gasteiger partial charge in [-0.15, -0.1) is 0 Å². The summed E-state index contributed by atoms with van der Waals surface area (Å²) in [7, 11) is 0. The van der Waals surface area contributed by atoms with Gasteiger partial charge < -0.3 is 19.5 Å². The number of aliphatic hydroxyl groups excluding tert-OH is 1. The maximum atomic E-state index is 12.2. The van der Waals surface area contributed by atoms with Crippen molar-refractivity contribution in [3.63, 3.8) is 0 Å². The molecule has 1 atom stereocenters. The van der Waals surface area contributed by atoms with E-state index in [9.17, 15) is 9.50 Å². The first-order valence-corrected chi connectivity index (χ1v) is 11.2. The molecule has 1 unspecified atom stereocenters. The summed E-state index contributed by atoms with van der Waals surface area (Å²) >= 11 is 0. The van der Waals surface area contributed by atoms with Crippen LogP contribution < -0.4 is 14.4 Å². The SMILES string of the molecule is OC(COc1ccc(OCCF)cc1)CN1CCN(c2ncccc2-c2ccccn2)CC1. The van der Waals surface area contributed by atoms with Crippen molar-refractivity contribution in [1.82, 2.24) is 14.9 Å². The molecule has 1 N–H and O–H groups in total. The summed E-state index contributed by atoms with van der Waals surface area (Å²) in [5.41, 5.74) is 1.94. The van der Waals surface area contributed by atoms with E-state index in [-0.39, 0.29) is 13.2 Å². The molecule has 0 bridgehead atoms. The van der Waals surface area contributed by atoms with Crippen LogP contribution in [0.1, 0.15) is 0 Å². The summed E-state index contributed by atoms with van der Waals surface area (Å²) in [6, 6.07) is 16.8. The van der Waals surface area contributed by atoms with Gasteiger partial charge in [-0.3, -0.25) is 9.88 Å². The van der Waals surface area contributed by atoms with Crippen molar-refractivity contribution in [3.05, 3.63) is 67.0 Å². The van der Waals surface area contributed by atoms with Crippen LogP contribution in [0, 0.1) is 0 Å². The van der Waals surface area contributed by atoms with Gasteiger partial charge in [-0.25, -0.2) is 9.37 Å². The molecule has 4 rings (SSSR count). The fourth-order valence-electron chi connectivity index (χ4n) is 3.84. The second kappa shape index (κ2) is 11.6. The van der Waals surface area contributed by atoms with Crippen LogP contribution in [0.4, 0.5) is 10.2 Å². The molecule has 174 valence electrons. The molecule has 2 aromatic heterocycles. The molecule has 1 aliphatic heterocycles. The molecule has 1 fully saturated rings. The zero-order chi connectivity index (χ0) is 22.9. The lowest BCUT2D eigenvalue weighted by Gasteiger charge is -2.36. The Morgan fingerprint density at radius 3 is 2.30 bits per heavy atom. The Kier molecular flexibility index (Phi) is 8.05. The van der Waals surface area contributed by atoms with Crippen LogP contribution in [-0.2, 0) is 0 Å². The van der Waals surface area contributed by atoms with Crippen molar-refractivity contribution < 1.29 is 19.0 Å². The van der Waals surface area contributed by atoms with Gasteiger partial charge in [0.05, 0.1) is 5.69 Å². The van der Waals surface area contributed by atoms with Crippen LogP contribution in [-0.4, -0.2) is 78.7 Å². The predicted octanol–water partition coefficient (Wildman–Crippen LogP) is 3.05. The molecule has 33 heavy (non-hydrogen) atoms. The van der Waals surface area contributed by atoms with Crippen molar-refractivity contribution >= 4 is 5.82 Å². The van der Waals surface area contributed by atoms with Gasteiger partial charge in [0.1, 0.15) is 43.3 Å². The average molecular weight is 453 g/mol. The monoisotopic (exact) mass is 452 g/mol. The Bertz CT molecular complexity index is 982. The van der Waals surface area contributed by atoms with Crippen LogP contribution in [0.2, 0.25) is 0 Å². The number of pyridine rings is 2. The van der Waals surface area contributed by atoms with Gasteiger partial charge in [0.2, 0.25) is 0 Å². The molecular formula is C25H29FN4O3. The first-order valence-electron chi connectivity index (χ1n) is 11.2. The summed E-state index contributed by atoms with van der Waals surface area (Å²) < 4.78 is 23.1. The molecule has 7 nitrogen and oxygen atoms in total. The quantitative estimate of drug-likeness (QED) is 0.507. The van der Waals surface area contributed by atoms with Crippen LogP contribution in [0.15, 0.2) is 67.0 Å². The van der Waals surface area contributed by atoms with Crippen molar-refractivity contribution in [2.75, 3.05) is 57.5 Å². The van der Waals surface area contributed by atoms with Gasteiger partial charge in [0.15, 0.2) is 0 Å². The van der Waals surface area contributed by atoms with Crippen LogP contribution in [0.3, 0.4) is 0 Å². The number of benzene rings is 1. The average Bonchev–Trinajstić information content (AvgIpc) is 2.88. The van der Waals surface area contributed by atoms with E-state index in [1.165, 1.54) is 0 Å². The maximum absolute atomic E-state index is 12.2. The zero-order valence-electron chi connectivity index (χ0n) is 18.5. The fourth-order valence-corrected chi connectivity index (χ4v) is 3.84. The van der Waals surface area contributed by atoms with Crippen LogP contribution in [0.25, 0.3) is 11.3 Å². The number of halogens is 1. The number of anilines is 1. The summed E-state index contributed by atoms with van der Waals surface area (Å²) in [6.07, 6.45) is 3.01. The number of aromatic nitrogens is 2. The molecule has 1 aliphatic rings. The van der Waals surface area contributed by atoms with E-state index < -0.39 is 12.8 Å². The highest BCUT2D eigenvalue weighted by atomic mass is 19.1. The third-order valence-corrected chi connectivity index (χ3v) is 5.48. The van der Waals surface area contributed by atoms with E-state index in [1.807, 2.05) is 30.5 Å². The highest BCUT2D eigenvalue weighted by molar-refractivity contribution is 5.73. The van der Waals surface area contributed by atoms with Gasteiger partial charge in [-0.2, -0.15) is 0 Å². The molecular weight excluding hydrogens is 423 g/mol. The lowest BCUT2D eigenvalue weighted by Crippen LogP contribution is -2.49. The smallest absolute Gasteiger partial charge is 0.138 e. The lowest BCUT2D eigenvalue weighted by molar-refractivity contribution is 0.0662. The Morgan fingerprint density at radius 2 is 1.61 bits per heavy atom. The standard InChI is InChI=1S/C25H29FN4O3/c26-10-17-32-21-6-8-22(9-7-21)33-19-20(31)18-29-13-15-30(16-14-29)25-23(4-3-12-28-25)24-5-1-2-11-27-24/h1-9,11-12,20,31H,10,13-19H2. The van der Waals surface area contributed by atoms with E-state index in [0.717, 1.165) is 43.3 Å². The minimum absolute atomic E-state index is 0.0387. The molecule has 0 amide bonds. The van der Waals surface area contributed by atoms with E-state index in [2.05, 4.69) is 25.8 Å². The number of nitrogens with zero attached hydrogens (tertiary/aromatic N) is 4. The number of β-amino-alcohol motifs (C(OH)–C–C–N with tert-alkyl or cyclic N) is 1. The number of rotatable bonds is 10. The summed E-state index contributed by atoms with van der Waals surface area (Å²) in [5.74, 6) is 2.18. The first kappa shape index (κ1) is 22.9.